The summed E-state index contributed by atoms with van der Waals surface area (Å²) >= 11 is 0. The molecular weight excluding hydrogens is 184 g/mol. The summed E-state index contributed by atoms with van der Waals surface area (Å²) in [6, 6.07) is 0. The lowest BCUT2D eigenvalue weighted by atomic mass is 9.93. The number of rotatable bonds is 0. The minimum Gasteiger partial charge on any atom is -0.385 e. The van der Waals surface area contributed by atoms with Crippen LogP contribution >= 0.6 is 0 Å². The fourth-order valence-corrected chi connectivity index (χ4v) is 1.97. The third kappa shape index (κ3) is 2.18. The van der Waals surface area contributed by atoms with Crippen molar-refractivity contribution in [3.8, 4) is 0 Å². The van der Waals surface area contributed by atoms with Gasteiger partial charge in [-0.3, -0.25) is 0 Å². The van der Waals surface area contributed by atoms with Crippen molar-refractivity contribution in [2.24, 2.45) is 5.92 Å². The van der Waals surface area contributed by atoms with Crippen LogP contribution in [-0.2, 0) is 0 Å². The topological polar surface area (TPSA) is 20.2 Å². The highest BCUT2D eigenvalue weighted by atomic mass is 16.3. The first-order valence-corrected chi connectivity index (χ1v) is 5.28. The zero-order chi connectivity index (χ0) is 10.8. The highest BCUT2D eigenvalue weighted by Gasteiger charge is 2.18. The minimum atomic E-state index is -0.463. The van der Waals surface area contributed by atoms with Gasteiger partial charge in [-0.25, -0.2) is 0 Å². The number of aliphatic hydroxyl groups is 1. The van der Waals surface area contributed by atoms with Crippen molar-refractivity contribution in [3.05, 3.63) is 59.3 Å². The lowest BCUT2D eigenvalue weighted by Gasteiger charge is -2.15. The Hall–Kier alpha value is -1.34. The summed E-state index contributed by atoms with van der Waals surface area (Å²) in [5.41, 5.74) is 3.45. The van der Waals surface area contributed by atoms with Gasteiger partial charge in [-0.15, -0.1) is 0 Å². The van der Waals surface area contributed by atoms with E-state index in [4.69, 9.17) is 0 Å². The molecule has 2 aliphatic rings. The molecule has 78 valence electrons. The highest BCUT2D eigenvalue weighted by molar-refractivity contribution is 5.42. The normalized spacial score (nSPS) is 29.7. The molecule has 2 unspecified atom stereocenters. The summed E-state index contributed by atoms with van der Waals surface area (Å²) in [5.74, 6) is 0.226. The Morgan fingerprint density at radius 2 is 1.93 bits per heavy atom. The van der Waals surface area contributed by atoms with E-state index in [0.717, 1.165) is 5.57 Å². The van der Waals surface area contributed by atoms with Crippen LogP contribution in [0.3, 0.4) is 0 Å². The van der Waals surface area contributed by atoms with Crippen LogP contribution in [0.2, 0.25) is 0 Å². The molecule has 1 nitrogen and oxygen atoms in total. The molecule has 0 heterocycles. The van der Waals surface area contributed by atoms with Gasteiger partial charge >= 0.3 is 0 Å². The number of aliphatic hydroxyl groups excluding tert-OH is 1. The zero-order valence-corrected chi connectivity index (χ0v) is 9.14. The van der Waals surface area contributed by atoms with Crippen LogP contribution < -0.4 is 0 Å². The Bertz CT molecular complexity index is 405. The maximum Gasteiger partial charge on any atom is 0.0946 e. The van der Waals surface area contributed by atoms with E-state index in [0.29, 0.717) is 0 Å². The highest BCUT2D eigenvalue weighted by Crippen LogP contribution is 2.27. The monoisotopic (exact) mass is 200 g/mol. The van der Waals surface area contributed by atoms with E-state index in [1.807, 2.05) is 12.2 Å². The fraction of sp³-hybridized carbons (Fsp3) is 0.286. The molecule has 0 aromatic rings. The van der Waals surface area contributed by atoms with Gasteiger partial charge in [0.2, 0.25) is 0 Å². The van der Waals surface area contributed by atoms with Crippen molar-refractivity contribution in [2.45, 2.75) is 20.0 Å². The van der Waals surface area contributed by atoms with E-state index in [9.17, 15) is 5.11 Å². The SMILES string of the molecule is CC1=CC=CC2C=C(C)C=CC(O)C2=C1. The molecule has 2 atom stereocenters. The van der Waals surface area contributed by atoms with Gasteiger partial charge in [-0.2, -0.15) is 0 Å². The third-order valence-corrected chi connectivity index (χ3v) is 2.78. The number of fused-ring (bicyclic) bond motifs is 1. The molecule has 0 aromatic heterocycles. The second kappa shape index (κ2) is 4.03. The van der Waals surface area contributed by atoms with Gasteiger partial charge in [0.05, 0.1) is 6.10 Å². The van der Waals surface area contributed by atoms with Gasteiger partial charge in [-0.1, -0.05) is 53.7 Å². The molecule has 0 radical (unpaired) electrons. The van der Waals surface area contributed by atoms with Gasteiger partial charge in [0.25, 0.3) is 0 Å². The van der Waals surface area contributed by atoms with Crippen molar-refractivity contribution < 1.29 is 5.11 Å². The predicted octanol–water partition coefficient (Wildman–Crippen LogP) is 2.92. The second-order valence-electron chi connectivity index (χ2n) is 4.18. The average molecular weight is 200 g/mol. The largest absolute Gasteiger partial charge is 0.385 e. The van der Waals surface area contributed by atoms with Crippen molar-refractivity contribution in [2.75, 3.05) is 0 Å². The van der Waals surface area contributed by atoms with Crippen molar-refractivity contribution in [3.63, 3.8) is 0 Å². The Labute approximate surface area is 90.8 Å². The molecule has 0 spiro atoms. The quantitative estimate of drug-likeness (QED) is 0.637. The van der Waals surface area contributed by atoms with Gasteiger partial charge in [-0.05, 0) is 19.4 Å². The number of hydrogen-bond donors (Lipinski definition) is 1. The van der Waals surface area contributed by atoms with Crippen molar-refractivity contribution >= 4 is 0 Å². The first-order valence-electron chi connectivity index (χ1n) is 5.28. The summed E-state index contributed by atoms with van der Waals surface area (Å²) in [7, 11) is 0. The van der Waals surface area contributed by atoms with E-state index >= 15 is 0 Å². The van der Waals surface area contributed by atoms with Gasteiger partial charge in [0.1, 0.15) is 0 Å². The van der Waals surface area contributed by atoms with Gasteiger partial charge in [0, 0.05) is 5.92 Å². The zero-order valence-electron chi connectivity index (χ0n) is 9.14. The summed E-state index contributed by atoms with van der Waals surface area (Å²) < 4.78 is 0. The summed E-state index contributed by atoms with van der Waals surface area (Å²) in [4.78, 5) is 0. The molecule has 0 aliphatic heterocycles. The van der Waals surface area contributed by atoms with E-state index < -0.39 is 6.10 Å². The van der Waals surface area contributed by atoms with E-state index in [-0.39, 0.29) is 5.92 Å². The summed E-state index contributed by atoms with van der Waals surface area (Å²) in [5, 5.41) is 10.00. The molecule has 0 bridgehead atoms. The molecule has 0 fully saturated rings. The van der Waals surface area contributed by atoms with Crippen LogP contribution in [0.15, 0.2) is 59.3 Å². The lowest BCUT2D eigenvalue weighted by Crippen LogP contribution is -2.12. The number of allylic oxidation sites excluding steroid dienone is 8. The maximum absolute atomic E-state index is 10.00. The molecule has 0 saturated heterocycles. The van der Waals surface area contributed by atoms with Gasteiger partial charge in [0.15, 0.2) is 0 Å². The molecule has 0 aromatic carbocycles. The molecule has 1 N–H and O–H groups in total. The Morgan fingerprint density at radius 3 is 2.73 bits per heavy atom. The minimum absolute atomic E-state index is 0.226. The van der Waals surface area contributed by atoms with E-state index in [1.165, 1.54) is 11.1 Å². The van der Waals surface area contributed by atoms with Crippen LogP contribution in [0.4, 0.5) is 0 Å². The molecule has 2 aliphatic carbocycles. The van der Waals surface area contributed by atoms with E-state index in [2.05, 4.69) is 44.2 Å². The molecule has 1 heteroatoms. The van der Waals surface area contributed by atoms with Crippen molar-refractivity contribution in [1.82, 2.24) is 0 Å². The molecule has 2 rings (SSSR count). The molecule has 0 saturated carbocycles. The first-order chi connectivity index (χ1) is 7.16. The lowest BCUT2D eigenvalue weighted by molar-refractivity contribution is 0.252. The van der Waals surface area contributed by atoms with Crippen LogP contribution in [0.5, 0.6) is 0 Å². The van der Waals surface area contributed by atoms with Crippen LogP contribution in [0.25, 0.3) is 0 Å². The summed E-state index contributed by atoms with van der Waals surface area (Å²) in [6.45, 7) is 4.11. The van der Waals surface area contributed by atoms with Crippen molar-refractivity contribution in [1.29, 1.82) is 0 Å². The predicted molar refractivity (Wildman–Crippen MR) is 63.4 cm³/mol. The Balaban J connectivity index is 2.47. The standard InChI is InChI=1S/C14H16O/c1-10-4-3-5-12-8-11(2)6-7-14(15)13(12)9-10/h3-9,12,14-15H,1-2H3. The maximum atomic E-state index is 10.00. The first kappa shape index (κ1) is 10.2. The number of hydrogen-bond acceptors (Lipinski definition) is 1. The van der Waals surface area contributed by atoms with E-state index in [1.54, 1.807) is 0 Å². The van der Waals surface area contributed by atoms with Gasteiger partial charge < -0.3 is 5.11 Å². The fourth-order valence-electron chi connectivity index (χ4n) is 1.97. The molecule has 15 heavy (non-hydrogen) atoms. The van der Waals surface area contributed by atoms with Crippen LogP contribution in [0, 0.1) is 5.92 Å². The Morgan fingerprint density at radius 1 is 1.13 bits per heavy atom. The second-order valence-corrected chi connectivity index (χ2v) is 4.18. The van der Waals surface area contributed by atoms with Crippen LogP contribution in [0.1, 0.15) is 13.8 Å². The molecule has 0 amide bonds. The molecular formula is C14H16O. The third-order valence-electron chi connectivity index (χ3n) is 2.78. The van der Waals surface area contributed by atoms with Crippen LogP contribution in [-0.4, -0.2) is 11.2 Å². The average Bonchev–Trinajstić information content (AvgIpc) is 2.43. The summed E-state index contributed by atoms with van der Waals surface area (Å²) in [6.07, 6.45) is 13.9. The Kier molecular flexibility index (Phi) is 2.74. The smallest absolute Gasteiger partial charge is 0.0946 e.